The number of nitriles is 1. The maximum Gasteiger partial charge on any atom is 0.123 e. The summed E-state index contributed by atoms with van der Waals surface area (Å²) in [6.07, 6.45) is 0.789. The van der Waals surface area contributed by atoms with E-state index >= 15 is 0 Å². The van der Waals surface area contributed by atoms with Crippen molar-refractivity contribution in [1.82, 2.24) is 9.78 Å². The SMILES string of the molecule is CC[C@@H](c1cc(F)ccc1C#N)c1cc(C)nn1C. The quantitative estimate of drug-likeness (QED) is 0.846. The fourth-order valence-electron chi connectivity index (χ4n) is 2.47. The van der Waals surface area contributed by atoms with Crippen molar-refractivity contribution in [2.24, 2.45) is 7.05 Å². The van der Waals surface area contributed by atoms with Crippen molar-refractivity contribution < 1.29 is 4.39 Å². The molecule has 0 saturated heterocycles. The summed E-state index contributed by atoms with van der Waals surface area (Å²) in [6, 6.07) is 8.44. The minimum Gasteiger partial charge on any atom is -0.272 e. The van der Waals surface area contributed by atoms with Gasteiger partial charge in [-0.1, -0.05) is 6.92 Å². The summed E-state index contributed by atoms with van der Waals surface area (Å²) in [7, 11) is 1.87. The highest BCUT2D eigenvalue weighted by atomic mass is 19.1. The maximum atomic E-state index is 13.5. The fourth-order valence-corrected chi connectivity index (χ4v) is 2.47. The highest BCUT2D eigenvalue weighted by molar-refractivity contribution is 5.43. The first-order valence-corrected chi connectivity index (χ1v) is 6.27. The van der Waals surface area contributed by atoms with Gasteiger partial charge in [0.1, 0.15) is 5.82 Å². The summed E-state index contributed by atoms with van der Waals surface area (Å²) >= 11 is 0. The van der Waals surface area contributed by atoms with Crippen LogP contribution in [0.1, 0.15) is 41.8 Å². The Morgan fingerprint density at radius 1 is 1.42 bits per heavy atom. The van der Waals surface area contributed by atoms with Crippen LogP contribution in [-0.2, 0) is 7.05 Å². The zero-order valence-corrected chi connectivity index (χ0v) is 11.3. The normalized spacial score (nSPS) is 12.2. The molecule has 2 rings (SSSR count). The van der Waals surface area contributed by atoms with E-state index < -0.39 is 0 Å². The maximum absolute atomic E-state index is 13.5. The Balaban J connectivity index is 2.57. The number of halogens is 1. The van der Waals surface area contributed by atoms with Gasteiger partial charge in [0.2, 0.25) is 0 Å². The van der Waals surface area contributed by atoms with Gasteiger partial charge in [-0.05, 0) is 43.2 Å². The van der Waals surface area contributed by atoms with Crippen LogP contribution in [-0.4, -0.2) is 9.78 Å². The third-order valence-electron chi connectivity index (χ3n) is 3.31. The van der Waals surface area contributed by atoms with Crippen LogP contribution >= 0.6 is 0 Å². The molecule has 0 radical (unpaired) electrons. The summed E-state index contributed by atoms with van der Waals surface area (Å²) in [5.74, 6) is -0.331. The molecular formula is C15H16FN3. The summed E-state index contributed by atoms with van der Waals surface area (Å²) in [4.78, 5) is 0. The molecule has 4 heteroatoms. The molecule has 19 heavy (non-hydrogen) atoms. The van der Waals surface area contributed by atoms with Crippen molar-refractivity contribution in [3.05, 3.63) is 52.6 Å². The number of aryl methyl sites for hydroxylation is 2. The highest BCUT2D eigenvalue weighted by Crippen LogP contribution is 2.30. The lowest BCUT2D eigenvalue weighted by molar-refractivity contribution is 0.612. The first-order valence-electron chi connectivity index (χ1n) is 6.27. The van der Waals surface area contributed by atoms with Gasteiger partial charge in [0.15, 0.2) is 0 Å². The van der Waals surface area contributed by atoms with Crippen molar-refractivity contribution in [1.29, 1.82) is 5.26 Å². The Hall–Kier alpha value is -2.15. The zero-order valence-electron chi connectivity index (χ0n) is 11.3. The molecule has 0 aliphatic carbocycles. The van der Waals surface area contributed by atoms with Crippen LogP contribution < -0.4 is 0 Å². The van der Waals surface area contributed by atoms with E-state index in [0.717, 1.165) is 23.4 Å². The summed E-state index contributed by atoms with van der Waals surface area (Å²) < 4.78 is 15.3. The molecule has 1 heterocycles. The molecule has 0 N–H and O–H groups in total. The molecule has 1 aromatic heterocycles. The van der Waals surface area contributed by atoms with Crippen LogP contribution in [0.3, 0.4) is 0 Å². The lowest BCUT2D eigenvalue weighted by Crippen LogP contribution is -2.08. The van der Waals surface area contributed by atoms with Gasteiger partial charge in [-0.2, -0.15) is 10.4 Å². The molecule has 1 atom stereocenters. The molecular weight excluding hydrogens is 241 g/mol. The van der Waals surface area contributed by atoms with Crippen LogP contribution in [0.2, 0.25) is 0 Å². The number of hydrogen-bond donors (Lipinski definition) is 0. The Bertz CT molecular complexity index is 637. The number of rotatable bonds is 3. The second-order valence-corrected chi connectivity index (χ2v) is 4.64. The van der Waals surface area contributed by atoms with Gasteiger partial charge in [0, 0.05) is 18.7 Å². The highest BCUT2D eigenvalue weighted by Gasteiger charge is 2.20. The number of hydrogen-bond acceptors (Lipinski definition) is 2. The second kappa shape index (κ2) is 5.23. The standard InChI is InChI=1S/C15H16FN3/c1-4-13(15-7-10(2)18-19(15)3)14-8-12(16)6-5-11(14)9-17/h5-8,13H,4H2,1-3H3/t13-/m0/s1. The largest absolute Gasteiger partial charge is 0.272 e. The topological polar surface area (TPSA) is 41.6 Å². The lowest BCUT2D eigenvalue weighted by Gasteiger charge is -2.17. The molecule has 0 unspecified atom stereocenters. The minimum atomic E-state index is -0.314. The van der Waals surface area contributed by atoms with E-state index in [1.54, 1.807) is 4.68 Å². The molecule has 2 aromatic rings. The van der Waals surface area contributed by atoms with Crippen molar-refractivity contribution in [3.63, 3.8) is 0 Å². The van der Waals surface area contributed by atoms with Gasteiger partial charge in [-0.25, -0.2) is 4.39 Å². The minimum absolute atomic E-state index is 0.0171. The summed E-state index contributed by atoms with van der Waals surface area (Å²) in [5.41, 5.74) is 3.17. The van der Waals surface area contributed by atoms with E-state index in [-0.39, 0.29) is 11.7 Å². The van der Waals surface area contributed by atoms with Gasteiger partial charge < -0.3 is 0 Å². The molecule has 3 nitrogen and oxygen atoms in total. The van der Waals surface area contributed by atoms with Crippen LogP contribution in [0.4, 0.5) is 4.39 Å². The van der Waals surface area contributed by atoms with E-state index in [2.05, 4.69) is 11.2 Å². The van der Waals surface area contributed by atoms with Gasteiger partial charge in [0.25, 0.3) is 0 Å². The Morgan fingerprint density at radius 2 is 2.16 bits per heavy atom. The summed E-state index contributed by atoms with van der Waals surface area (Å²) in [6.45, 7) is 3.95. The Labute approximate surface area is 112 Å². The molecule has 0 aliphatic rings. The lowest BCUT2D eigenvalue weighted by atomic mass is 9.89. The number of nitrogens with zero attached hydrogens (tertiary/aromatic N) is 3. The number of aromatic nitrogens is 2. The molecule has 1 aromatic carbocycles. The molecule has 98 valence electrons. The van der Waals surface area contributed by atoms with Crippen LogP contribution in [0.15, 0.2) is 24.3 Å². The smallest absolute Gasteiger partial charge is 0.123 e. The molecule has 0 saturated carbocycles. The van der Waals surface area contributed by atoms with Crippen molar-refractivity contribution in [2.75, 3.05) is 0 Å². The fraction of sp³-hybridized carbons (Fsp3) is 0.333. The van der Waals surface area contributed by atoms with E-state index in [0.29, 0.717) is 5.56 Å². The van der Waals surface area contributed by atoms with Crippen molar-refractivity contribution >= 4 is 0 Å². The molecule has 0 fully saturated rings. The Morgan fingerprint density at radius 3 is 2.68 bits per heavy atom. The third-order valence-corrected chi connectivity index (χ3v) is 3.31. The predicted octanol–water partition coefficient (Wildman–Crippen LogP) is 3.28. The van der Waals surface area contributed by atoms with Crippen LogP contribution in [0.5, 0.6) is 0 Å². The Kier molecular flexibility index (Phi) is 3.66. The zero-order chi connectivity index (χ0) is 14.0. The molecule has 0 bridgehead atoms. The monoisotopic (exact) mass is 257 g/mol. The van der Waals surface area contributed by atoms with E-state index in [9.17, 15) is 9.65 Å². The van der Waals surface area contributed by atoms with E-state index in [4.69, 9.17) is 0 Å². The van der Waals surface area contributed by atoms with Gasteiger partial charge in [0.05, 0.1) is 17.3 Å². The summed E-state index contributed by atoms with van der Waals surface area (Å²) in [5, 5.41) is 13.5. The van der Waals surface area contributed by atoms with Gasteiger partial charge in [-0.3, -0.25) is 4.68 Å². The number of benzene rings is 1. The van der Waals surface area contributed by atoms with Crippen molar-refractivity contribution in [2.45, 2.75) is 26.2 Å². The average Bonchev–Trinajstić information content (AvgIpc) is 2.70. The van der Waals surface area contributed by atoms with Crippen LogP contribution in [0, 0.1) is 24.1 Å². The van der Waals surface area contributed by atoms with E-state index in [1.165, 1.54) is 18.2 Å². The first kappa shape index (κ1) is 13.3. The van der Waals surface area contributed by atoms with E-state index in [1.807, 2.05) is 27.0 Å². The second-order valence-electron chi connectivity index (χ2n) is 4.64. The third kappa shape index (κ3) is 2.50. The van der Waals surface area contributed by atoms with Gasteiger partial charge >= 0.3 is 0 Å². The van der Waals surface area contributed by atoms with Crippen LogP contribution in [0.25, 0.3) is 0 Å². The van der Waals surface area contributed by atoms with Gasteiger partial charge in [-0.15, -0.1) is 0 Å². The molecule has 0 aliphatic heterocycles. The molecule has 0 spiro atoms. The van der Waals surface area contributed by atoms with Crippen molar-refractivity contribution in [3.8, 4) is 6.07 Å². The molecule has 0 amide bonds. The average molecular weight is 257 g/mol. The first-order chi connectivity index (χ1) is 9.06. The predicted molar refractivity (Wildman–Crippen MR) is 71.2 cm³/mol.